The minimum absolute atomic E-state index is 0.141. The van der Waals surface area contributed by atoms with Crippen molar-refractivity contribution in [1.29, 1.82) is 0 Å². The Morgan fingerprint density at radius 3 is 2.43 bits per heavy atom. The van der Waals surface area contributed by atoms with E-state index in [1.54, 1.807) is 0 Å². The summed E-state index contributed by atoms with van der Waals surface area (Å²) in [6, 6.07) is 23.8. The maximum Gasteiger partial charge on any atom is 0.254 e. The molecule has 1 aromatic heterocycles. The molecule has 0 radical (unpaired) electrons. The van der Waals surface area contributed by atoms with E-state index in [0.29, 0.717) is 0 Å². The molecule has 7 rings (SSSR count). The summed E-state index contributed by atoms with van der Waals surface area (Å²) in [5, 5.41) is 0.916. The Kier molecular flexibility index (Phi) is 9.85. The topological polar surface area (TPSA) is 54.9 Å². The van der Waals surface area contributed by atoms with Gasteiger partial charge in [0.05, 0.1) is 11.1 Å². The number of benzene rings is 3. The van der Waals surface area contributed by atoms with Crippen molar-refractivity contribution in [2.24, 2.45) is 0 Å². The summed E-state index contributed by atoms with van der Waals surface area (Å²) in [6.07, 6.45) is 15.5. The van der Waals surface area contributed by atoms with Crippen LogP contribution in [-0.2, 0) is 19.3 Å². The van der Waals surface area contributed by atoms with Crippen LogP contribution in [0, 0.1) is 0 Å². The molecule has 6 nitrogen and oxygen atoms in total. The minimum atomic E-state index is 0.141. The summed E-state index contributed by atoms with van der Waals surface area (Å²) < 4.78 is 11.2. The molecule has 2 saturated heterocycles. The van der Waals surface area contributed by atoms with Crippen molar-refractivity contribution < 1.29 is 14.3 Å². The predicted octanol–water partition coefficient (Wildman–Crippen LogP) is 8.41. The van der Waals surface area contributed by atoms with Gasteiger partial charge < -0.3 is 19.3 Å². The highest BCUT2D eigenvalue weighted by Gasteiger charge is 2.32. The molecule has 0 saturated carbocycles. The first-order valence-electron chi connectivity index (χ1n) is 17.7. The molecule has 0 aliphatic carbocycles. The van der Waals surface area contributed by atoms with Gasteiger partial charge in [-0.2, -0.15) is 0 Å². The van der Waals surface area contributed by atoms with Crippen LogP contribution in [0.25, 0.3) is 22.0 Å². The predicted molar refractivity (Wildman–Crippen MR) is 189 cm³/mol. The number of ether oxygens (including phenoxy) is 2. The molecule has 3 aliphatic rings. The first kappa shape index (κ1) is 31.4. The fraction of sp³-hybridized carbons (Fsp3) is 0.415. The van der Waals surface area contributed by atoms with E-state index in [9.17, 15) is 4.79 Å². The van der Waals surface area contributed by atoms with E-state index in [1.165, 1.54) is 36.8 Å². The number of unbranched alkanes of at least 4 members (excludes halogenated alkanes) is 2. The SMILES string of the molecule is C/C=C/CCCCc1ccc(CCc2cc(C(=O)N3CCC[C@H]3CN3CCCC3)c3cc(-c4ccc5c(c4)OCO5)ccc3n2)cc1. The quantitative estimate of drug-likeness (QED) is 0.116. The van der Waals surface area contributed by atoms with Crippen LogP contribution in [0.3, 0.4) is 0 Å². The van der Waals surface area contributed by atoms with Crippen LogP contribution in [0.2, 0.25) is 0 Å². The van der Waals surface area contributed by atoms with Crippen molar-refractivity contribution in [1.82, 2.24) is 14.8 Å². The largest absolute Gasteiger partial charge is 0.454 e. The number of hydrogen-bond acceptors (Lipinski definition) is 5. The van der Waals surface area contributed by atoms with E-state index < -0.39 is 0 Å². The van der Waals surface area contributed by atoms with Crippen molar-refractivity contribution >= 4 is 16.8 Å². The Bertz CT molecular complexity index is 1720. The van der Waals surface area contributed by atoms with Gasteiger partial charge in [0.15, 0.2) is 11.5 Å². The highest BCUT2D eigenvalue weighted by atomic mass is 16.7. The third-order valence-corrected chi connectivity index (χ3v) is 10.1. The van der Waals surface area contributed by atoms with E-state index in [-0.39, 0.29) is 18.7 Å². The fourth-order valence-corrected chi connectivity index (χ4v) is 7.46. The zero-order valence-corrected chi connectivity index (χ0v) is 27.8. The summed E-state index contributed by atoms with van der Waals surface area (Å²) in [6.45, 7) is 6.44. The van der Waals surface area contributed by atoms with Crippen LogP contribution in [0.1, 0.15) is 79.0 Å². The lowest BCUT2D eigenvalue weighted by Crippen LogP contribution is -2.42. The number of carbonyl (C=O) groups excluding carboxylic acids is 1. The smallest absolute Gasteiger partial charge is 0.254 e. The monoisotopic (exact) mass is 629 g/mol. The van der Waals surface area contributed by atoms with Gasteiger partial charge in [0.2, 0.25) is 6.79 Å². The molecular weight excluding hydrogens is 582 g/mol. The molecule has 0 spiro atoms. The molecule has 6 heteroatoms. The number of amides is 1. The molecule has 4 heterocycles. The van der Waals surface area contributed by atoms with Crippen LogP contribution in [0.15, 0.2) is 78.9 Å². The summed E-state index contributed by atoms with van der Waals surface area (Å²) in [4.78, 5) is 24.3. The second-order valence-electron chi connectivity index (χ2n) is 13.4. The van der Waals surface area contributed by atoms with Gasteiger partial charge in [-0.3, -0.25) is 9.78 Å². The highest BCUT2D eigenvalue weighted by Crippen LogP contribution is 2.37. The van der Waals surface area contributed by atoms with Crippen molar-refractivity contribution in [3.63, 3.8) is 0 Å². The van der Waals surface area contributed by atoms with E-state index >= 15 is 0 Å². The van der Waals surface area contributed by atoms with Gasteiger partial charge >= 0.3 is 0 Å². The second kappa shape index (κ2) is 14.7. The molecule has 3 aliphatic heterocycles. The Morgan fingerprint density at radius 2 is 1.60 bits per heavy atom. The average Bonchev–Trinajstić information content (AvgIpc) is 3.90. The van der Waals surface area contributed by atoms with Crippen LogP contribution < -0.4 is 9.47 Å². The molecule has 0 bridgehead atoms. The molecule has 244 valence electrons. The third-order valence-electron chi connectivity index (χ3n) is 10.1. The lowest BCUT2D eigenvalue weighted by atomic mass is 9.97. The minimum Gasteiger partial charge on any atom is -0.454 e. The van der Waals surface area contributed by atoms with Crippen molar-refractivity contribution in [2.75, 3.05) is 33.0 Å². The maximum atomic E-state index is 14.5. The first-order valence-corrected chi connectivity index (χ1v) is 17.7. The van der Waals surface area contributed by atoms with Gasteiger partial charge in [0.1, 0.15) is 0 Å². The van der Waals surface area contributed by atoms with E-state index in [1.807, 2.05) is 12.1 Å². The van der Waals surface area contributed by atoms with Gasteiger partial charge in [-0.1, -0.05) is 48.6 Å². The molecule has 3 aromatic carbocycles. The van der Waals surface area contributed by atoms with E-state index in [2.05, 4.69) is 83.5 Å². The Balaban J connectivity index is 1.14. The molecule has 0 N–H and O–H groups in total. The fourth-order valence-electron chi connectivity index (χ4n) is 7.46. The molecule has 2 fully saturated rings. The van der Waals surface area contributed by atoms with Crippen molar-refractivity contribution in [2.45, 2.75) is 77.2 Å². The number of pyridine rings is 1. The number of fused-ring (bicyclic) bond motifs is 2. The number of allylic oxidation sites excluding steroid dienone is 2. The molecule has 1 amide bonds. The molecular formula is C41H47N3O3. The average molecular weight is 630 g/mol. The molecule has 1 atom stereocenters. The number of aromatic nitrogens is 1. The summed E-state index contributed by atoms with van der Waals surface area (Å²) in [5.74, 6) is 1.66. The normalized spacial score (nSPS) is 17.8. The molecule has 47 heavy (non-hydrogen) atoms. The van der Waals surface area contributed by atoms with E-state index in [0.717, 1.165) is 109 Å². The maximum absolute atomic E-state index is 14.5. The van der Waals surface area contributed by atoms with Gasteiger partial charge in [-0.25, -0.2) is 0 Å². The van der Waals surface area contributed by atoms with Gasteiger partial charge in [-0.15, -0.1) is 0 Å². The highest BCUT2D eigenvalue weighted by molar-refractivity contribution is 6.07. The number of hydrogen-bond donors (Lipinski definition) is 0. The standard InChI is InChI=1S/C41H47N3O3/c1-2-3-4-5-6-10-30-12-14-31(15-13-30)16-19-34-27-37(41(45)44-24-9-11-35(44)28-43-22-7-8-23-43)36-25-32(17-20-38(36)42-34)33-18-21-39-40(26-33)47-29-46-39/h2-3,12-15,17-18,20-21,25-27,35H,4-11,16,19,22-24,28-29H2,1H3/b3-2+/t35-/m0/s1. The van der Waals surface area contributed by atoms with Crippen LogP contribution in [0.5, 0.6) is 11.5 Å². The first-order chi connectivity index (χ1) is 23.1. The van der Waals surface area contributed by atoms with Gasteiger partial charge in [0, 0.05) is 30.2 Å². The number of nitrogens with zero attached hydrogens (tertiary/aromatic N) is 3. The van der Waals surface area contributed by atoms with Gasteiger partial charge in [-0.05, 0) is 137 Å². The molecule has 4 aromatic rings. The summed E-state index contributed by atoms with van der Waals surface area (Å²) >= 11 is 0. The summed E-state index contributed by atoms with van der Waals surface area (Å²) in [5.41, 5.74) is 7.40. The zero-order chi connectivity index (χ0) is 32.0. The molecule has 0 unspecified atom stereocenters. The lowest BCUT2D eigenvalue weighted by molar-refractivity contribution is 0.0710. The number of likely N-dealkylation sites (tertiary alicyclic amines) is 2. The number of aryl methyl sites for hydroxylation is 3. The van der Waals surface area contributed by atoms with Gasteiger partial charge in [0.25, 0.3) is 5.91 Å². The van der Waals surface area contributed by atoms with Crippen LogP contribution in [-0.4, -0.2) is 59.7 Å². The number of carbonyl (C=O) groups is 1. The Hall–Kier alpha value is -4.16. The van der Waals surface area contributed by atoms with Crippen LogP contribution >= 0.6 is 0 Å². The zero-order valence-electron chi connectivity index (χ0n) is 27.8. The third kappa shape index (κ3) is 7.38. The summed E-state index contributed by atoms with van der Waals surface area (Å²) in [7, 11) is 0. The van der Waals surface area contributed by atoms with E-state index in [4.69, 9.17) is 14.5 Å². The second-order valence-corrected chi connectivity index (χ2v) is 13.4. The van der Waals surface area contributed by atoms with Crippen molar-refractivity contribution in [3.8, 4) is 22.6 Å². The Labute approximate surface area is 279 Å². The number of rotatable bonds is 12. The Morgan fingerprint density at radius 1 is 0.830 bits per heavy atom. The van der Waals surface area contributed by atoms with Crippen LogP contribution in [0.4, 0.5) is 0 Å². The van der Waals surface area contributed by atoms with Crippen molar-refractivity contribution in [3.05, 3.63) is 101 Å². The lowest BCUT2D eigenvalue weighted by Gasteiger charge is -2.29.